The summed E-state index contributed by atoms with van der Waals surface area (Å²) in [5.74, 6) is 1.75. The Bertz CT molecular complexity index is 950. The average Bonchev–Trinajstić information content (AvgIpc) is 3.16. The van der Waals surface area contributed by atoms with Crippen molar-refractivity contribution in [2.24, 2.45) is 0 Å². The molecule has 2 aromatic heterocycles. The summed E-state index contributed by atoms with van der Waals surface area (Å²) < 4.78 is 0. The van der Waals surface area contributed by atoms with Crippen LogP contribution in [-0.4, -0.2) is 29.0 Å². The molecule has 2 heterocycles. The number of anilines is 2. The van der Waals surface area contributed by atoms with Gasteiger partial charge >= 0.3 is 0 Å². The number of fused-ring (bicyclic) bond motifs is 1. The van der Waals surface area contributed by atoms with Crippen molar-refractivity contribution in [2.75, 3.05) is 24.3 Å². The Morgan fingerprint density at radius 2 is 1.85 bits per heavy atom. The lowest BCUT2D eigenvalue weighted by Gasteiger charge is -2.16. The molecule has 0 spiro atoms. The van der Waals surface area contributed by atoms with Crippen molar-refractivity contribution >= 4 is 11.5 Å². The molecule has 27 heavy (non-hydrogen) atoms. The van der Waals surface area contributed by atoms with E-state index in [1.165, 1.54) is 28.1 Å². The molecule has 1 N–H and O–H groups in total. The van der Waals surface area contributed by atoms with Crippen LogP contribution in [0.3, 0.4) is 0 Å². The molecular formula is C22H25N5. The molecule has 1 aliphatic carbocycles. The second-order valence-electron chi connectivity index (χ2n) is 7.27. The highest BCUT2D eigenvalue weighted by molar-refractivity contribution is 5.60. The first-order valence-corrected chi connectivity index (χ1v) is 9.43. The first kappa shape index (κ1) is 17.5. The fraction of sp³-hybridized carbons (Fsp3) is 0.318. The summed E-state index contributed by atoms with van der Waals surface area (Å²) in [6, 6.07) is 10.5. The maximum Gasteiger partial charge on any atom is 0.161 e. The summed E-state index contributed by atoms with van der Waals surface area (Å²) in [5, 5.41) is 3.58. The van der Waals surface area contributed by atoms with Crippen molar-refractivity contribution in [2.45, 2.75) is 32.7 Å². The highest BCUT2D eigenvalue weighted by Crippen LogP contribution is 2.29. The summed E-state index contributed by atoms with van der Waals surface area (Å²) >= 11 is 0. The standard InChI is InChI=1S/C22H25N5/c1-15-13-18(27(2)3)8-7-17(15)14-24-22-19-5-4-6-20(19)25-21(26-22)16-9-11-23-12-10-16/h7-13H,4-6,14H2,1-3H3,(H,24,25,26). The summed E-state index contributed by atoms with van der Waals surface area (Å²) in [4.78, 5) is 15.9. The van der Waals surface area contributed by atoms with Crippen LogP contribution in [0.2, 0.25) is 0 Å². The fourth-order valence-corrected chi connectivity index (χ4v) is 3.54. The van der Waals surface area contributed by atoms with E-state index in [-0.39, 0.29) is 0 Å². The summed E-state index contributed by atoms with van der Waals surface area (Å²) in [5.41, 5.74) is 7.26. The van der Waals surface area contributed by atoms with Crippen LogP contribution in [0.25, 0.3) is 11.4 Å². The number of hydrogen-bond donors (Lipinski definition) is 1. The number of rotatable bonds is 5. The quantitative estimate of drug-likeness (QED) is 0.746. The minimum Gasteiger partial charge on any atom is -0.378 e. The number of benzene rings is 1. The van der Waals surface area contributed by atoms with Crippen molar-refractivity contribution in [3.63, 3.8) is 0 Å². The molecule has 0 atom stereocenters. The second kappa shape index (κ2) is 7.35. The molecule has 0 aliphatic heterocycles. The maximum atomic E-state index is 4.85. The predicted molar refractivity (Wildman–Crippen MR) is 110 cm³/mol. The Morgan fingerprint density at radius 3 is 2.59 bits per heavy atom. The zero-order chi connectivity index (χ0) is 18.8. The molecule has 0 unspecified atom stereocenters. The van der Waals surface area contributed by atoms with E-state index in [0.29, 0.717) is 0 Å². The number of pyridine rings is 1. The molecule has 0 fully saturated rings. The van der Waals surface area contributed by atoms with Gasteiger partial charge in [-0.25, -0.2) is 9.97 Å². The molecule has 0 amide bonds. The number of nitrogens with one attached hydrogen (secondary N) is 1. The Kier molecular flexibility index (Phi) is 4.75. The monoisotopic (exact) mass is 359 g/mol. The van der Waals surface area contributed by atoms with E-state index in [4.69, 9.17) is 9.97 Å². The van der Waals surface area contributed by atoms with Crippen LogP contribution < -0.4 is 10.2 Å². The minimum absolute atomic E-state index is 0.763. The van der Waals surface area contributed by atoms with Gasteiger partial charge in [-0.15, -0.1) is 0 Å². The van der Waals surface area contributed by atoms with Crippen LogP contribution in [-0.2, 0) is 19.4 Å². The third-order valence-corrected chi connectivity index (χ3v) is 5.16. The Labute approximate surface area is 160 Å². The van der Waals surface area contributed by atoms with E-state index in [0.717, 1.165) is 43.0 Å². The smallest absolute Gasteiger partial charge is 0.161 e. The van der Waals surface area contributed by atoms with Crippen molar-refractivity contribution in [1.82, 2.24) is 15.0 Å². The lowest BCUT2D eigenvalue weighted by Crippen LogP contribution is -2.11. The Hall–Kier alpha value is -2.95. The van der Waals surface area contributed by atoms with Gasteiger partial charge in [0, 0.05) is 55.5 Å². The average molecular weight is 359 g/mol. The molecule has 138 valence electrons. The number of hydrogen-bond acceptors (Lipinski definition) is 5. The van der Waals surface area contributed by atoms with Gasteiger partial charge in [0.25, 0.3) is 0 Å². The molecule has 3 aromatic rings. The topological polar surface area (TPSA) is 53.9 Å². The molecule has 5 nitrogen and oxygen atoms in total. The number of aromatic nitrogens is 3. The third-order valence-electron chi connectivity index (χ3n) is 5.16. The second-order valence-corrected chi connectivity index (χ2v) is 7.27. The Morgan fingerprint density at radius 1 is 1.04 bits per heavy atom. The lowest BCUT2D eigenvalue weighted by molar-refractivity contribution is 0.899. The lowest BCUT2D eigenvalue weighted by atomic mass is 10.1. The van der Waals surface area contributed by atoms with Crippen molar-refractivity contribution in [3.05, 3.63) is 65.1 Å². The van der Waals surface area contributed by atoms with Gasteiger partial charge in [0.2, 0.25) is 0 Å². The van der Waals surface area contributed by atoms with Gasteiger partial charge in [-0.2, -0.15) is 0 Å². The first-order chi connectivity index (χ1) is 13.1. The number of aryl methyl sites for hydroxylation is 2. The summed E-state index contributed by atoms with van der Waals surface area (Å²) in [6.07, 6.45) is 6.80. The van der Waals surface area contributed by atoms with Crippen LogP contribution in [0.4, 0.5) is 11.5 Å². The molecular weight excluding hydrogens is 334 g/mol. The van der Waals surface area contributed by atoms with E-state index >= 15 is 0 Å². The molecule has 0 saturated heterocycles. The van der Waals surface area contributed by atoms with Gasteiger partial charge in [0.05, 0.1) is 0 Å². The maximum absolute atomic E-state index is 4.85. The van der Waals surface area contributed by atoms with E-state index in [1.807, 2.05) is 12.1 Å². The van der Waals surface area contributed by atoms with Gasteiger partial charge in [0.1, 0.15) is 5.82 Å². The van der Waals surface area contributed by atoms with Gasteiger partial charge in [-0.1, -0.05) is 6.07 Å². The molecule has 1 aliphatic rings. The van der Waals surface area contributed by atoms with Crippen LogP contribution in [0.5, 0.6) is 0 Å². The van der Waals surface area contributed by atoms with Crippen LogP contribution >= 0.6 is 0 Å². The fourth-order valence-electron chi connectivity index (χ4n) is 3.54. The van der Waals surface area contributed by atoms with E-state index < -0.39 is 0 Å². The SMILES string of the molecule is Cc1cc(N(C)C)ccc1CNc1nc(-c2ccncc2)nc2c1CCC2. The van der Waals surface area contributed by atoms with Crippen LogP contribution in [0, 0.1) is 6.92 Å². The van der Waals surface area contributed by atoms with Crippen molar-refractivity contribution < 1.29 is 0 Å². The van der Waals surface area contributed by atoms with Crippen LogP contribution in [0.15, 0.2) is 42.7 Å². The summed E-state index contributed by atoms with van der Waals surface area (Å²) in [7, 11) is 4.13. The first-order valence-electron chi connectivity index (χ1n) is 9.43. The zero-order valence-electron chi connectivity index (χ0n) is 16.2. The van der Waals surface area contributed by atoms with Gasteiger partial charge < -0.3 is 10.2 Å². The normalized spacial score (nSPS) is 12.7. The molecule has 0 saturated carbocycles. The van der Waals surface area contributed by atoms with E-state index in [9.17, 15) is 0 Å². The molecule has 1 aromatic carbocycles. The molecule has 0 bridgehead atoms. The summed E-state index contributed by atoms with van der Waals surface area (Å²) in [6.45, 7) is 2.93. The van der Waals surface area contributed by atoms with E-state index in [2.05, 4.69) is 54.4 Å². The third kappa shape index (κ3) is 3.63. The highest BCUT2D eigenvalue weighted by atomic mass is 15.1. The van der Waals surface area contributed by atoms with Crippen LogP contribution in [0.1, 0.15) is 28.8 Å². The highest BCUT2D eigenvalue weighted by Gasteiger charge is 2.20. The largest absolute Gasteiger partial charge is 0.378 e. The van der Waals surface area contributed by atoms with Gasteiger partial charge in [-0.05, 0) is 61.6 Å². The zero-order valence-corrected chi connectivity index (χ0v) is 16.2. The Balaban J connectivity index is 1.61. The van der Waals surface area contributed by atoms with Gasteiger partial charge in [-0.3, -0.25) is 4.98 Å². The number of nitrogens with zero attached hydrogens (tertiary/aromatic N) is 4. The minimum atomic E-state index is 0.763. The van der Waals surface area contributed by atoms with Crippen molar-refractivity contribution in [3.8, 4) is 11.4 Å². The molecule has 5 heteroatoms. The van der Waals surface area contributed by atoms with Crippen molar-refractivity contribution in [1.29, 1.82) is 0 Å². The molecule has 0 radical (unpaired) electrons. The van der Waals surface area contributed by atoms with Gasteiger partial charge in [0.15, 0.2) is 5.82 Å². The molecule has 4 rings (SSSR count). The predicted octanol–water partition coefficient (Wildman–Crippen LogP) is 4.01. The van der Waals surface area contributed by atoms with E-state index in [1.54, 1.807) is 12.4 Å².